The number of aromatic nitrogens is 1. The molecule has 0 unspecified atom stereocenters. The van der Waals surface area contributed by atoms with Crippen molar-refractivity contribution in [2.24, 2.45) is 0 Å². The number of terminal acetylenes is 1. The van der Waals surface area contributed by atoms with Gasteiger partial charge in [0.1, 0.15) is 0 Å². The number of para-hydroxylation sites is 1. The number of benzene rings is 1. The van der Waals surface area contributed by atoms with Crippen molar-refractivity contribution in [3.8, 4) is 12.3 Å². The third-order valence-corrected chi connectivity index (χ3v) is 3.40. The molecule has 2 rings (SSSR count). The molecule has 0 spiro atoms. The molecule has 0 N–H and O–H groups in total. The van der Waals surface area contributed by atoms with E-state index < -0.39 is 0 Å². The van der Waals surface area contributed by atoms with Crippen LogP contribution in [-0.2, 0) is 6.42 Å². The van der Waals surface area contributed by atoms with Gasteiger partial charge in [0.15, 0.2) is 0 Å². The van der Waals surface area contributed by atoms with Crippen LogP contribution in [0, 0.1) is 12.3 Å². The average Bonchev–Trinajstić information content (AvgIpc) is 2.67. The first-order chi connectivity index (χ1) is 7.40. The smallest absolute Gasteiger partial charge is 0.0938 e. The summed E-state index contributed by atoms with van der Waals surface area (Å²) >= 11 is 1.79. The Kier molecular flexibility index (Phi) is 3.37. The Hall–Kier alpha value is -1.33. The van der Waals surface area contributed by atoms with E-state index in [1.807, 2.05) is 6.07 Å². The minimum absolute atomic E-state index is 0.880. The molecule has 0 aliphatic rings. The third kappa shape index (κ3) is 2.57. The van der Waals surface area contributed by atoms with Gasteiger partial charge < -0.3 is 0 Å². The highest BCUT2D eigenvalue weighted by Gasteiger charge is 2.01. The molecule has 0 aliphatic carbocycles. The van der Waals surface area contributed by atoms with Crippen molar-refractivity contribution in [1.29, 1.82) is 0 Å². The number of aryl methyl sites for hydroxylation is 1. The molecule has 1 nitrogen and oxygen atoms in total. The first-order valence-corrected chi connectivity index (χ1v) is 6.00. The van der Waals surface area contributed by atoms with Gasteiger partial charge in [0.25, 0.3) is 0 Å². The van der Waals surface area contributed by atoms with E-state index in [4.69, 9.17) is 6.42 Å². The Morgan fingerprint density at radius 3 is 2.93 bits per heavy atom. The minimum Gasteiger partial charge on any atom is -0.241 e. The number of fused-ring (bicyclic) bond motifs is 1. The SMILES string of the molecule is C#CCCCCc1nc2ccccc2s1. The fourth-order valence-electron chi connectivity index (χ4n) is 1.53. The molecule has 0 saturated heterocycles. The number of thiazole rings is 1. The maximum Gasteiger partial charge on any atom is 0.0938 e. The number of nitrogens with zero attached hydrogens (tertiary/aromatic N) is 1. The van der Waals surface area contributed by atoms with Gasteiger partial charge in [-0.2, -0.15) is 0 Å². The van der Waals surface area contributed by atoms with Crippen LogP contribution in [0.15, 0.2) is 24.3 Å². The van der Waals surface area contributed by atoms with E-state index in [-0.39, 0.29) is 0 Å². The molecule has 0 bridgehead atoms. The van der Waals surface area contributed by atoms with Gasteiger partial charge >= 0.3 is 0 Å². The van der Waals surface area contributed by atoms with Gasteiger partial charge in [0.2, 0.25) is 0 Å². The summed E-state index contributed by atoms with van der Waals surface area (Å²) in [5.41, 5.74) is 1.12. The molecule has 15 heavy (non-hydrogen) atoms. The van der Waals surface area contributed by atoms with Crippen LogP contribution in [0.5, 0.6) is 0 Å². The molecule has 1 aromatic carbocycles. The lowest BCUT2D eigenvalue weighted by Gasteiger charge is -1.92. The predicted molar refractivity (Wildman–Crippen MR) is 66.0 cm³/mol. The Morgan fingerprint density at radius 2 is 2.13 bits per heavy atom. The second-order valence-corrected chi connectivity index (χ2v) is 4.60. The molecule has 0 atom stereocenters. The largest absolute Gasteiger partial charge is 0.241 e. The van der Waals surface area contributed by atoms with E-state index in [2.05, 4.69) is 29.1 Å². The maximum atomic E-state index is 5.21. The summed E-state index contributed by atoms with van der Waals surface area (Å²) in [7, 11) is 0. The molecule has 2 heteroatoms. The summed E-state index contributed by atoms with van der Waals surface area (Å²) < 4.78 is 1.28. The van der Waals surface area contributed by atoms with Crippen LogP contribution in [0.4, 0.5) is 0 Å². The van der Waals surface area contributed by atoms with Crippen molar-refractivity contribution in [2.75, 3.05) is 0 Å². The van der Waals surface area contributed by atoms with Crippen LogP contribution in [-0.4, -0.2) is 4.98 Å². The fraction of sp³-hybridized carbons (Fsp3) is 0.308. The molecule has 2 aromatic rings. The van der Waals surface area contributed by atoms with E-state index in [1.54, 1.807) is 11.3 Å². The highest BCUT2D eigenvalue weighted by Crippen LogP contribution is 2.22. The van der Waals surface area contributed by atoms with Crippen LogP contribution in [0.3, 0.4) is 0 Å². The monoisotopic (exact) mass is 215 g/mol. The van der Waals surface area contributed by atoms with E-state index in [0.717, 1.165) is 31.2 Å². The van der Waals surface area contributed by atoms with Crippen molar-refractivity contribution in [1.82, 2.24) is 4.98 Å². The van der Waals surface area contributed by atoms with Crippen LogP contribution in [0.2, 0.25) is 0 Å². The van der Waals surface area contributed by atoms with Crippen molar-refractivity contribution in [3.05, 3.63) is 29.3 Å². The van der Waals surface area contributed by atoms with Crippen molar-refractivity contribution < 1.29 is 0 Å². The van der Waals surface area contributed by atoms with Gasteiger partial charge in [-0.25, -0.2) is 4.98 Å². The summed E-state index contributed by atoms with van der Waals surface area (Å²) in [6, 6.07) is 8.28. The maximum absolute atomic E-state index is 5.21. The quantitative estimate of drug-likeness (QED) is 0.560. The van der Waals surface area contributed by atoms with Crippen LogP contribution < -0.4 is 0 Å². The zero-order valence-electron chi connectivity index (χ0n) is 8.57. The molecule has 1 heterocycles. The lowest BCUT2D eigenvalue weighted by atomic mass is 10.2. The lowest BCUT2D eigenvalue weighted by molar-refractivity contribution is 0.754. The van der Waals surface area contributed by atoms with Gasteiger partial charge in [0.05, 0.1) is 15.2 Å². The summed E-state index contributed by atoms with van der Waals surface area (Å²) in [6.07, 6.45) is 9.39. The minimum atomic E-state index is 0.880. The normalized spacial score (nSPS) is 10.3. The van der Waals surface area contributed by atoms with Gasteiger partial charge in [-0.1, -0.05) is 12.1 Å². The molecular formula is C13H13NS. The zero-order chi connectivity index (χ0) is 10.5. The highest BCUT2D eigenvalue weighted by atomic mass is 32.1. The number of hydrogen-bond acceptors (Lipinski definition) is 2. The zero-order valence-corrected chi connectivity index (χ0v) is 9.39. The first kappa shape index (κ1) is 10.2. The Labute approximate surface area is 94.2 Å². The third-order valence-electron chi connectivity index (χ3n) is 2.30. The molecule has 0 radical (unpaired) electrons. The second kappa shape index (κ2) is 4.95. The van der Waals surface area contributed by atoms with Gasteiger partial charge in [-0.3, -0.25) is 0 Å². The Morgan fingerprint density at radius 1 is 1.27 bits per heavy atom. The number of rotatable bonds is 4. The van der Waals surface area contributed by atoms with Crippen LogP contribution in [0.1, 0.15) is 24.3 Å². The molecule has 0 amide bonds. The van der Waals surface area contributed by atoms with E-state index in [9.17, 15) is 0 Å². The van der Waals surface area contributed by atoms with Gasteiger partial charge in [0, 0.05) is 6.42 Å². The highest BCUT2D eigenvalue weighted by molar-refractivity contribution is 7.18. The predicted octanol–water partition coefficient (Wildman–Crippen LogP) is 3.64. The molecule has 0 fully saturated rings. The topological polar surface area (TPSA) is 12.9 Å². The van der Waals surface area contributed by atoms with E-state index in [0.29, 0.717) is 0 Å². The molecule has 0 aliphatic heterocycles. The summed E-state index contributed by atoms with van der Waals surface area (Å²) in [5, 5.41) is 1.23. The second-order valence-electron chi connectivity index (χ2n) is 3.49. The van der Waals surface area contributed by atoms with Crippen molar-refractivity contribution in [2.45, 2.75) is 25.7 Å². The number of hydrogen-bond donors (Lipinski definition) is 0. The Bertz CT molecular complexity index is 445. The van der Waals surface area contributed by atoms with Crippen LogP contribution in [0.25, 0.3) is 10.2 Å². The summed E-state index contributed by atoms with van der Waals surface area (Å²) in [6.45, 7) is 0. The summed E-state index contributed by atoms with van der Waals surface area (Å²) in [4.78, 5) is 4.58. The molecule has 1 aromatic heterocycles. The van der Waals surface area contributed by atoms with E-state index >= 15 is 0 Å². The standard InChI is InChI=1S/C13H13NS/c1-2-3-4-5-10-13-14-11-8-6-7-9-12(11)15-13/h1,6-9H,3-5,10H2. The molecule has 0 saturated carbocycles. The van der Waals surface area contributed by atoms with Gasteiger partial charge in [-0.15, -0.1) is 23.7 Å². The summed E-state index contributed by atoms with van der Waals surface area (Å²) in [5.74, 6) is 2.66. The van der Waals surface area contributed by atoms with E-state index in [1.165, 1.54) is 9.71 Å². The van der Waals surface area contributed by atoms with Crippen molar-refractivity contribution >= 4 is 21.6 Å². The van der Waals surface area contributed by atoms with Crippen molar-refractivity contribution in [3.63, 3.8) is 0 Å². The van der Waals surface area contributed by atoms with Crippen LogP contribution >= 0.6 is 11.3 Å². The van der Waals surface area contributed by atoms with Gasteiger partial charge in [-0.05, 0) is 31.4 Å². The lowest BCUT2D eigenvalue weighted by Crippen LogP contribution is -1.83. The fourth-order valence-corrected chi connectivity index (χ4v) is 2.54. The molecular weight excluding hydrogens is 202 g/mol. The first-order valence-electron chi connectivity index (χ1n) is 5.18. The number of unbranched alkanes of at least 4 members (excludes halogenated alkanes) is 2. The average molecular weight is 215 g/mol. The Balaban J connectivity index is 2.00. The molecule has 76 valence electrons.